The third-order valence-electron chi connectivity index (χ3n) is 3.58. The maximum Gasteiger partial charge on any atom is 0.184 e. The Balaban J connectivity index is 2.04. The molecule has 5 unspecified atom stereocenters. The lowest BCUT2D eigenvalue weighted by atomic mass is 9.78. The molecule has 0 radical (unpaired) electrons. The largest absolute Gasteiger partial charge is 0.387 e. The van der Waals surface area contributed by atoms with Gasteiger partial charge in [0.05, 0.1) is 13.2 Å². The Morgan fingerprint density at radius 3 is 2.43 bits per heavy atom. The minimum absolute atomic E-state index is 0.145. The van der Waals surface area contributed by atoms with Crippen LogP contribution >= 0.6 is 11.6 Å². The van der Waals surface area contributed by atoms with Crippen LogP contribution in [0.1, 0.15) is 5.56 Å². The molecular formula is C14H17ClO6. The number of hydrogen-bond donors (Lipinski definition) is 4. The Kier molecular flexibility index (Phi) is 4.98. The normalized spacial score (nSPS) is 36.7. The van der Waals surface area contributed by atoms with Crippen molar-refractivity contribution in [3.63, 3.8) is 0 Å². The van der Waals surface area contributed by atoms with Crippen LogP contribution in [0.3, 0.4) is 0 Å². The van der Waals surface area contributed by atoms with Crippen LogP contribution in [-0.4, -0.2) is 62.1 Å². The number of Topliss-reactive ketones (excluding diaryl/α,β-unsaturated/α-hetero) is 1. The number of aliphatic hydroxyl groups excluding tert-OH is 3. The minimum Gasteiger partial charge on any atom is -0.387 e. The van der Waals surface area contributed by atoms with E-state index in [4.69, 9.17) is 16.3 Å². The summed E-state index contributed by atoms with van der Waals surface area (Å²) in [6.07, 6.45) is -5.42. The van der Waals surface area contributed by atoms with Gasteiger partial charge in [0.1, 0.15) is 29.3 Å². The second-order valence-electron chi connectivity index (χ2n) is 5.11. The van der Waals surface area contributed by atoms with Crippen LogP contribution in [0.5, 0.6) is 0 Å². The van der Waals surface area contributed by atoms with E-state index in [-0.39, 0.29) is 6.61 Å². The van der Waals surface area contributed by atoms with Crippen LogP contribution in [0.2, 0.25) is 0 Å². The summed E-state index contributed by atoms with van der Waals surface area (Å²) in [6, 6.07) is 9.09. The van der Waals surface area contributed by atoms with E-state index in [1.54, 1.807) is 0 Å². The minimum atomic E-state index is -2.16. The lowest BCUT2D eigenvalue weighted by Gasteiger charge is -2.43. The second kappa shape index (κ2) is 6.39. The maximum absolute atomic E-state index is 11.7. The lowest BCUT2D eigenvalue weighted by molar-refractivity contribution is -0.202. The third kappa shape index (κ3) is 3.11. The van der Waals surface area contributed by atoms with Crippen LogP contribution < -0.4 is 0 Å². The van der Waals surface area contributed by atoms with Crippen LogP contribution in [0.4, 0.5) is 0 Å². The molecule has 0 aromatic heterocycles. The van der Waals surface area contributed by atoms with E-state index in [0.29, 0.717) is 0 Å². The summed E-state index contributed by atoms with van der Waals surface area (Å²) in [5.74, 6) is -0.944. The highest BCUT2D eigenvalue weighted by Crippen LogP contribution is 2.32. The SMILES string of the molecule is O=C1C(O)C(O)C(O)C(O)(COCc2ccccc2)C1Cl. The summed E-state index contributed by atoms with van der Waals surface area (Å²) < 4.78 is 5.30. The van der Waals surface area contributed by atoms with E-state index in [2.05, 4.69) is 0 Å². The molecule has 1 aliphatic rings. The first-order chi connectivity index (χ1) is 9.88. The zero-order chi connectivity index (χ0) is 15.6. The fourth-order valence-corrected chi connectivity index (χ4v) is 2.57. The average Bonchev–Trinajstić information content (AvgIpc) is 2.51. The molecule has 0 heterocycles. The van der Waals surface area contributed by atoms with Crippen LogP contribution in [0.25, 0.3) is 0 Å². The van der Waals surface area contributed by atoms with Crippen LogP contribution in [0.15, 0.2) is 30.3 Å². The van der Waals surface area contributed by atoms with Crippen LogP contribution in [0, 0.1) is 0 Å². The Hall–Kier alpha value is -1.02. The van der Waals surface area contributed by atoms with Crippen molar-refractivity contribution < 1.29 is 30.0 Å². The zero-order valence-electron chi connectivity index (χ0n) is 11.1. The van der Waals surface area contributed by atoms with Crippen molar-refractivity contribution in [3.05, 3.63) is 35.9 Å². The summed E-state index contributed by atoms with van der Waals surface area (Å²) in [5.41, 5.74) is -1.32. The predicted molar refractivity (Wildman–Crippen MR) is 73.7 cm³/mol. The molecule has 4 N–H and O–H groups in total. The van der Waals surface area contributed by atoms with E-state index in [1.165, 1.54) is 0 Å². The standard InChI is InChI=1S/C14H17ClO6/c15-12-10(17)9(16)11(18)13(19)14(12,20)7-21-6-8-4-2-1-3-5-8/h1-5,9,11-13,16,18-20H,6-7H2. The Morgan fingerprint density at radius 1 is 1.19 bits per heavy atom. The number of ketones is 1. The van der Waals surface area contributed by atoms with Gasteiger partial charge in [-0.1, -0.05) is 30.3 Å². The highest BCUT2D eigenvalue weighted by atomic mass is 35.5. The summed E-state index contributed by atoms with van der Waals surface area (Å²) in [4.78, 5) is 11.7. The zero-order valence-corrected chi connectivity index (χ0v) is 11.8. The number of ether oxygens (including phenoxy) is 1. The van der Waals surface area contributed by atoms with Gasteiger partial charge >= 0.3 is 0 Å². The lowest BCUT2D eigenvalue weighted by Crippen LogP contribution is -2.69. The van der Waals surface area contributed by atoms with Gasteiger partial charge in [-0.25, -0.2) is 0 Å². The monoisotopic (exact) mass is 316 g/mol. The van der Waals surface area contributed by atoms with E-state index in [9.17, 15) is 25.2 Å². The summed E-state index contributed by atoms with van der Waals surface area (Å²) in [5, 5.41) is 37.7. The van der Waals surface area contributed by atoms with Gasteiger partial charge in [0.15, 0.2) is 5.78 Å². The van der Waals surface area contributed by atoms with Gasteiger partial charge in [0.2, 0.25) is 0 Å². The third-order valence-corrected chi connectivity index (χ3v) is 4.18. The molecule has 0 aliphatic heterocycles. The number of rotatable bonds is 4. The van der Waals surface area contributed by atoms with Crippen molar-refractivity contribution in [2.24, 2.45) is 0 Å². The Labute approximate surface area is 126 Å². The number of carbonyl (C=O) groups is 1. The van der Waals surface area contributed by atoms with E-state index in [1.807, 2.05) is 30.3 Å². The number of aliphatic hydroxyl groups is 4. The number of carbonyl (C=O) groups excluding carboxylic acids is 1. The van der Waals surface area contributed by atoms with Crippen molar-refractivity contribution in [1.82, 2.24) is 0 Å². The van der Waals surface area contributed by atoms with E-state index in [0.717, 1.165) is 5.56 Å². The quantitative estimate of drug-likeness (QED) is 0.542. The molecule has 1 saturated carbocycles. The summed E-state index contributed by atoms with van der Waals surface area (Å²) >= 11 is 5.80. The average molecular weight is 317 g/mol. The fraction of sp³-hybridized carbons (Fsp3) is 0.500. The van der Waals surface area contributed by atoms with Gasteiger partial charge in [-0.05, 0) is 5.56 Å². The Bertz CT molecular complexity index is 495. The molecule has 6 nitrogen and oxygen atoms in total. The van der Waals surface area contributed by atoms with Crippen molar-refractivity contribution >= 4 is 17.4 Å². The molecule has 116 valence electrons. The maximum atomic E-state index is 11.7. The van der Waals surface area contributed by atoms with Crippen LogP contribution in [-0.2, 0) is 16.1 Å². The van der Waals surface area contributed by atoms with Crippen molar-refractivity contribution in [2.45, 2.75) is 35.9 Å². The van der Waals surface area contributed by atoms with E-state index < -0.39 is 41.7 Å². The molecule has 1 aromatic rings. The molecule has 2 rings (SSSR count). The van der Waals surface area contributed by atoms with Crippen molar-refractivity contribution in [3.8, 4) is 0 Å². The van der Waals surface area contributed by atoms with Gasteiger partial charge in [-0.3, -0.25) is 4.79 Å². The summed E-state index contributed by atoms with van der Waals surface area (Å²) in [6.45, 7) is -0.306. The first kappa shape index (κ1) is 16.4. The molecule has 1 aromatic carbocycles. The van der Waals surface area contributed by atoms with Gasteiger partial charge in [-0.2, -0.15) is 0 Å². The van der Waals surface area contributed by atoms with Gasteiger partial charge in [0.25, 0.3) is 0 Å². The highest BCUT2D eigenvalue weighted by molar-refractivity contribution is 6.33. The molecule has 1 aliphatic carbocycles. The van der Waals surface area contributed by atoms with Gasteiger partial charge in [0, 0.05) is 0 Å². The number of alkyl halides is 1. The van der Waals surface area contributed by atoms with E-state index >= 15 is 0 Å². The van der Waals surface area contributed by atoms with Crippen molar-refractivity contribution in [1.29, 1.82) is 0 Å². The van der Waals surface area contributed by atoms with Gasteiger partial charge < -0.3 is 25.2 Å². The molecule has 7 heteroatoms. The topological polar surface area (TPSA) is 107 Å². The Morgan fingerprint density at radius 2 is 1.81 bits per heavy atom. The van der Waals surface area contributed by atoms with Gasteiger partial charge in [-0.15, -0.1) is 11.6 Å². The molecule has 0 spiro atoms. The highest BCUT2D eigenvalue weighted by Gasteiger charge is 2.57. The molecule has 0 bridgehead atoms. The van der Waals surface area contributed by atoms with Crippen molar-refractivity contribution in [2.75, 3.05) is 6.61 Å². The molecule has 0 amide bonds. The second-order valence-corrected chi connectivity index (χ2v) is 5.55. The molecule has 1 fully saturated rings. The number of halogens is 1. The molecule has 0 saturated heterocycles. The molecular weight excluding hydrogens is 300 g/mol. The first-order valence-electron chi connectivity index (χ1n) is 6.44. The first-order valence-corrected chi connectivity index (χ1v) is 6.87. The molecule has 5 atom stereocenters. The smallest absolute Gasteiger partial charge is 0.184 e. The number of benzene rings is 1. The fourth-order valence-electron chi connectivity index (χ4n) is 2.25. The number of hydrogen-bond acceptors (Lipinski definition) is 6. The molecule has 21 heavy (non-hydrogen) atoms. The summed E-state index contributed by atoms with van der Waals surface area (Å²) in [7, 11) is 0. The predicted octanol–water partition coefficient (Wildman–Crippen LogP) is -0.793.